The van der Waals surface area contributed by atoms with Gasteiger partial charge >= 0.3 is 6.03 Å². The molecule has 1 aliphatic carbocycles. The number of nitrogens with zero attached hydrogens (tertiary/aromatic N) is 1. The van der Waals surface area contributed by atoms with E-state index >= 15 is 0 Å². The summed E-state index contributed by atoms with van der Waals surface area (Å²) in [4.78, 5) is 26.5. The topological polar surface area (TPSA) is 87.5 Å². The molecule has 1 aromatic carbocycles. The summed E-state index contributed by atoms with van der Waals surface area (Å²) in [6.45, 7) is 2.67. The lowest BCUT2D eigenvalue weighted by Gasteiger charge is -2.29. The quantitative estimate of drug-likeness (QED) is 0.692. The van der Waals surface area contributed by atoms with Crippen molar-refractivity contribution in [2.24, 2.45) is 11.1 Å². The minimum Gasteiger partial charge on any atom is -0.351 e. The van der Waals surface area contributed by atoms with Crippen LogP contribution in [0.4, 0.5) is 10.5 Å². The molecule has 2 fully saturated rings. The van der Waals surface area contributed by atoms with Crippen molar-refractivity contribution in [1.82, 2.24) is 10.2 Å². The van der Waals surface area contributed by atoms with E-state index < -0.39 is 6.03 Å². The minimum atomic E-state index is -0.634. The Morgan fingerprint density at radius 3 is 2.75 bits per heavy atom. The second kappa shape index (κ2) is 8.51. The van der Waals surface area contributed by atoms with Crippen LogP contribution in [0.2, 0.25) is 0 Å². The van der Waals surface area contributed by atoms with Gasteiger partial charge in [-0.1, -0.05) is 6.07 Å². The number of thiophene rings is 1. The average Bonchev–Trinajstić information content (AvgIpc) is 3.09. The largest absolute Gasteiger partial charge is 0.351 e. The number of nitrogens with two attached hydrogens (primary N) is 1. The number of urea groups is 1. The summed E-state index contributed by atoms with van der Waals surface area (Å²) in [7, 11) is 0. The second-order valence-electron chi connectivity index (χ2n) is 7.47. The number of benzene rings is 1. The van der Waals surface area contributed by atoms with Gasteiger partial charge in [0.25, 0.3) is 5.91 Å². The van der Waals surface area contributed by atoms with Crippen molar-refractivity contribution in [3.8, 4) is 0 Å². The molecule has 8 heteroatoms. The molecule has 4 N–H and O–H groups in total. The van der Waals surface area contributed by atoms with E-state index in [0.717, 1.165) is 37.9 Å². The van der Waals surface area contributed by atoms with Crippen LogP contribution in [0.3, 0.4) is 0 Å². The van der Waals surface area contributed by atoms with Crippen LogP contribution in [0.15, 0.2) is 41.1 Å². The fourth-order valence-electron chi connectivity index (χ4n) is 4.17. The van der Waals surface area contributed by atoms with Gasteiger partial charge in [0.15, 0.2) is 0 Å². The number of amides is 3. The molecule has 2 aliphatic rings. The number of halogens is 1. The van der Waals surface area contributed by atoms with Crippen molar-refractivity contribution in [2.45, 2.75) is 31.8 Å². The summed E-state index contributed by atoms with van der Waals surface area (Å²) < 4.78 is 0. The molecule has 150 valence electrons. The first-order valence-electron chi connectivity index (χ1n) is 9.27. The van der Waals surface area contributed by atoms with E-state index in [4.69, 9.17) is 5.73 Å². The molecule has 1 unspecified atom stereocenters. The van der Waals surface area contributed by atoms with Gasteiger partial charge in [-0.2, -0.15) is 11.3 Å². The third kappa shape index (κ3) is 4.32. The number of anilines is 1. The highest BCUT2D eigenvalue weighted by Gasteiger charge is 2.57. The van der Waals surface area contributed by atoms with Gasteiger partial charge in [0.2, 0.25) is 0 Å². The highest BCUT2D eigenvalue weighted by molar-refractivity contribution is 7.07. The molecular weight excluding hydrogens is 396 g/mol. The zero-order valence-corrected chi connectivity index (χ0v) is 17.2. The normalized spacial score (nSPS) is 19.5. The Labute approximate surface area is 174 Å². The van der Waals surface area contributed by atoms with E-state index in [9.17, 15) is 9.59 Å². The lowest BCUT2D eigenvalue weighted by Crippen LogP contribution is -2.39. The zero-order valence-electron chi connectivity index (χ0n) is 15.5. The molecule has 1 aromatic heterocycles. The Hall–Kier alpha value is -2.09. The van der Waals surface area contributed by atoms with Crippen LogP contribution < -0.4 is 16.4 Å². The molecule has 1 atom stereocenters. The van der Waals surface area contributed by atoms with Crippen molar-refractivity contribution < 1.29 is 9.59 Å². The molecule has 6 nitrogen and oxygen atoms in total. The predicted molar refractivity (Wildman–Crippen MR) is 114 cm³/mol. The summed E-state index contributed by atoms with van der Waals surface area (Å²) in [6.07, 6.45) is 3.31. The van der Waals surface area contributed by atoms with Crippen molar-refractivity contribution in [3.05, 3.63) is 52.2 Å². The molecule has 0 bridgehead atoms. The first-order valence-corrected chi connectivity index (χ1v) is 10.2. The number of carbonyl (C=O) groups is 2. The third-order valence-corrected chi connectivity index (χ3v) is 6.43. The Balaban J connectivity index is 0.00000225. The molecule has 1 aliphatic heterocycles. The van der Waals surface area contributed by atoms with Crippen molar-refractivity contribution in [1.29, 1.82) is 0 Å². The molecular formula is C20H25ClN4O2S. The fourth-order valence-corrected chi connectivity index (χ4v) is 4.83. The third-order valence-electron chi connectivity index (χ3n) is 5.69. The lowest BCUT2D eigenvalue weighted by molar-refractivity contribution is 0.0692. The van der Waals surface area contributed by atoms with Crippen LogP contribution in [0.5, 0.6) is 0 Å². The highest BCUT2D eigenvalue weighted by atomic mass is 35.5. The SMILES string of the molecule is Cl.NC(=O)Nc1cccc(C(=O)N(Cc2ccsc2)C2CC23CCNCC3)c1. The van der Waals surface area contributed by atoms with Crippen molar-refractivity contribution in [2.75, 3.05) is 18.4 Å². The van der Waals surface area contributed by atoms with Crippen LogP contribution in [0.1, 0.15) is 35.2 Å². The monoisotopic (exact) mass is 420 g/mol. The Kier molecular flexibility index (Phi) is 6.27. The second-order valence-corrected chi connectivity index (χ2v) is 8.25. The Bertz CT molecular complexity index is 836. The summed E-state index contributed by atoms with van der Waals surface area (Å²) in [5.74, 6) is 0.00901. The van der Waals surface area contributed by atoms with Gasteiger partial charge < -0.3 is 21.3 Å². The molecule has 4 rings (SSSR count). The van der Waals surface area contributed by atoms with Crippen LogP contribution in [0, 0.1) is 5.41 Å². The van der Waals surface area contributed by atoms with E-state index in [1.54, 1.807) is 35.6 Å². The number of carbonyl (C=O) groups excluding carboxylic acids is 2. The van der Waals surface area contributed by atoms with Gasteiger partial charge in [-0.25, -0.2) is 4.79 Å². The average molecular weight is 421 g/mol. The van der Waals surface area contributed by atoms with Gasteiger partial charge in [-0.3, -0.25) is 4.79 Å². The smallest absolute Gasteiger partial charge is 0.316 e. The van der Waals surface area contributed by atoms with Gasteiger partial charge in [-0.15, -0.1) is 12.4 Å². The number of hydrogen-bond donors (Lipinski definition) is 3. The number of primary amides is 1. The van der Waals surface area contributed by atoms with E-state index in [0.29, 0.717) is 17.8 Å². The first-order chi connectivity index (χ1) is 13.1. The zero-order chi connectivity index (χ0) is 18.9. The maximum absolute atomic E-state index is 13.4. The molecule has 1 spiro atoms. The maximum atomic E-state index is 13.4. The van der Waals surface area contributed by atoms with E-state index in [2.05, 4.69) is 22.1 Å². The Morgan fingerprint density at radius 2 is 2.07 bits per heavy atom. The van der Waals surface area contributed by atoms with Gasteiger partial charge in [-0.05, 0) is 78.4 Å². The number of piperidine rings is 1. The van der Waals surface area contributed by atoms with Crippen LogP contribution >= 0.6 is 23.7 Å². The number of rotatable bonds is 5. The van der Waals surface area contributed by atoms with Crippen LogP contribution in [-0.4, -0.2) is 36.0 Å². The van der Waals surface area contributed by atoms with Gasteiger partial charge in [0.1, 0.15) is 0 Å². The summed E-state index contributed by atoms with van der Waals surface area (Å²) in [6, 6.07) is 8.72. The molecule has 2 heterocycles. The molecule has 1 saturated heterocycles. The first kappa shape index (κ1) is 20.6. The van der Waals surface area contributed by atoms with Crippen molar-refractivity contribution in [3.63, 3.8) is 0 Å². The van der Waals surface area contributed by atoms with Crippen molar-refractivity contribution >= 4 is 41.4 Å². The highest BCUT2D eigenvalue weighted by Crippen LogP contribution is 2.56. The Morgan fingerprint density at radius 1 is 1.29 bits per heavy atom. The standard InChI is InChI=1S/C20H24N4O2S.ClH/c21-19(26)23-16-3-1-2-15(10-16)18(25)24(12-14-4-9-27-13-14)17-11-20(17)5-7-22-8-6-20;/h1-4,9-10,13,17,22H,5-8,11-12H2,(H3,21,23,26);1H. The van der Waals surface area contributed by atoms with Gasteiger partial charge in [0.05, 0.1) is 0 Å². The molecule has 0 radical (unpaired) electrons. The van der Waals surface area contributed by atoms with E-state index in [-0.39, 0.29) is 29.8 Å². The maximum Gasteiger partial charge on any atom is 0.316 e. The summed E-state index contributed by atoms with van der Waals surface area (Å²) >= 11 is 1.65. The van der Waals surface area contributed by atoms with Gasteiger partial charge in [0, 0.05) is 23.8 Å². The predicted octanol–water partition coefficient (Wildman–Crippen LogP) is 3.45. The number of hydrogen-bond acceptors (Lipinski definition) is 4. The van der Waals surface area contributed by atoms with E-state index in [1.807, 2.05) is 10.3 Å². The summed E-state index contributed by atoms with van der Waals surface area (Å²) in [5, 5.41) is 10.1. The lowest BCUT2D eigenvalue weighted by atomic mass is 9.93. The van der Waals surface area contributed by atoms with E-state index in [1.165, 1.54) is 0 Å². The fraction of sp³-hybridized carbons (Fsp3) is 0.400. The van der Waals surface area contributed by atoms with Crippen LogP contribution in [0.25, 0.3) is 0 Å². The molecule has 3 amide bonds. The number of nitrogens with one attached hydrogen (secondary N) is 2. The molecule has 2 aromatic rings. The van der Waals surface area contributed by atoms with Crippen LogP contribution in [-0.2, 0) is 6.54 Å². The summed E-state index contributed by atoms with van der Waals surface area (Å²) in [5.41, 5.74) is 7.74. The molecule has 28 heavy (non-hydrogen) atoms. The molecule has 1 saturated carbocycles. The minimum absolute atomic E-state index is 0.